The first kappa shape index (κ1) is 11.8. The van der Waals surface area contributed by atoms with Crippen LogP contribution in [0.3, 0.4) is 0 Å². The predicted molar refractivity (Wildman–Crippen MR) is 61.7 cm³/mol. The van der Waals surface area contributed by atoms with Crippen molar-refractivity contribution in [2.24, 2.45) is 0 Å². The van der Waals surface area contributed by atoms with Gasteiger partial charge in [0.1, 0.15) is 5.76 Å². The average Bonchev–Trinajstić information content (AvgIpc) is 2.18. The molecule has 0 fully saturated rings. The van der Waals surface area contributed by atoms with Crippen molar-refractivity contribution in [3.63, 3.8) is 0 Å². The van der Waals surface area contributed by atoms with Gasteiger partial charge in [0.05, 0.1) is 5.57 Å². The van der Waals surface area contributed by atoms with Crippen LogP contribution in [0.2, 0.25) is 0 Å². The molecule has 0 bridgehead atoms. The Morgan fingerprint density at radius 3 is 2.47 bits per heavy atom. The van der Waals surface area contributed by atoms with Gasteiger partial charge in [0.2, 0.25) is 0 Å². The molecule has 2 heteroatoms. The highest BCUT2D eigenvalue weighted by Gasteiger charge is 2.16. The first-order valence-electron chi connectivity index (χ1n) is 5.33. The molecule has 0 aromatic heterocycles. The maximum atomic E-state index is 11.4. The molecule has 1 aliphatic rings. The number of hydrogen-bond acceptors (Lipinski definition) is 2. The second kappa shape index (κ2) is 4.96. The Kier molecular flexibility index (Phi) is 3.89. The van der Waals surface area contributed by atoms with E-state index in [1.165, 1.54) is 20.3 Å². The highest BCUT2D eigenvalue weighted by Crippen LogP contribution is 2.28. The Labute approximate surface area is 91.0 Å². The largest absolute Gasteiger partial charge is 0.512 e. The molecule has 1 rings (SSSR count). The summed E-state index contributed by atoms with van der Waals surface area (Å²) >= 11 is 0. The van der Waals surface area contributed by atoms with Gasteiger partial charge in [-0.25, -0.2) is 0 Å². The minimum atomic E-state index is -0.119. The zero-order valence-electron chi connectivity index (χ0n) is 9.47. The van der Waals surface area contributed by atoms with Gasteiger partial charge in [0.25, 0.3) is 0 Å². The predicted octanol–water partition coefficient (Wildman–Crippen LogP) is 3.46. The monoisotopic (exact) mass is 206 g/mol. The lowest BCUT2D eigenvalue weighted by Crippen LogP contribution is -2.06. The smallest absolute Gasteiger partial charge is 0.163 e. The van der Waals surface area contributed by atoms with Crippen LogP contribution in [-0.2, 0) is 4.79 Å². The van der Waals surface area contributed by atoms with Crippen molar-refractivity contribution in [3.05, 3.63) is 35.1 Å². The van der Waals surface area contributed by atoms with Crippen molar-refractivity contribution in [1.29, 1.82) is 0 Å². The lowest BCUT2D eigenvalue weighted by Gasteiger charge is -2.16. The minimum absolute atomic E-state index is 0.0685. The van der Waals surface area contributed by atoms with Crippen LogP contribution in [0.25, 0.3) is 0 Å². The van der Waals surface area contributed by atoms with Crippen LogP contribution in [0.15, 0.2) is 35.1 Å². The van der Waals surface area contributed by atoms with Crippen LogP contribution in [0, 0.1) is 0 Å². The summed E-state index contributed by atoms with van der Waals surface area (Å²) in [6.45, 7) is 6.91. The summed E-state index contributed by atoms with van der Waals surface area (Å²) in [5.41, 5.74) is 2.19. The fraction of sp³-hybridized carbons (Fsp3) is 0.462. The standard InChI is InChI=1S/C13H18O2/c1-9(12-7-5-4-6-8-12)13(10(2)14)11(3)15/h7,14H,1,4-6,8H2,2-3H3/b13-10-. The van der Waals surface area contributed by atoms with Crippen molar-refractivity contribution in [2.75, 3.05) is 0 Å². The van der Waals surface area contributed by atoms with Gasteiger partial charge < -0.3 is 5.11 Å². The van der Waals surface area contributed by atoms with Gasteiger partial charge in [-0.15, -0.1) is 0 Å². The molecule has 0 heterocycles. The molecule has 1 aliphatic carbocycles. The molecule has 0 amide bonds. The molecule has 2 nitrogen and oxygen atoms in total. The fourth-order valence-corrected chi connectivity index (χ4v) is 1.96. The quantitative estimate of drug-likeness (QED) is 0.436. The summed E-state index contributed by atoms with van der Waals surface area (Å²) in [5.74, 6) is -0.0505. The number of ketones is 1. The Morgan fingerprint density at radius 2 is 2.07 bits per heavy atom. The Balaban J connectivity index is 2.96. The van der Waals surface area contributed by atoms with Crippen LogP contribution in [-0.4, -0.2) is 10.9 Å². The molecule has 0 atom stereocenters. The van der Waals surface area contributed by atoms with Gasteiger partial charge in [0.15, 0.2) is 5.78 Å². The third kappa shape index (κ3) is 2.82. The fourth-order valence-electron chi connectivity index (χ4n) is 1.96. The van der Waals surface area contributed by atoms with Crippen LogP contribution in [0.1, 0.15) is 39.5 Å². The molecule has 1 N–H and O–H groups in total. The third-order valence-electron chi connectivity index (χ3n) is 2.69. The minimum Gasteiger partial charge on any atom is -0.512 e. The van der Waals surface area contributed by atoms with E-state index in [0.717, 1.165) is 24.8 Å². The number of hydrogen-bond donors (Lipinski definition) is 1. The van der Waals surface area contributed by atoms with Crippen molar-refractivity contribution < 1.29 is 9.90 Å². The summed E-state index contributed by atoms with van der Waals surface area (Å²) in [7, 11) is 0. The molecule has 0 saturated carbocycles. The zero-order valence-corrected chi connectivity index (χ0v) is 9.47. The number of carbonyl (C=O) groups excluding carboxylic acids is 1. The van der Waals surface area contributed by atoms with Gasteiger partial charge >= 0.3 is 0 Å². The molecular weight excluding hydrogens is 188 g/mol. The number of allylic oxidation sites excluding steroid dienone is 5. The van der Waals surface area contributed by atoms with E-state index in [1.54, 1.807) is 0 Å². The molecule has 0 aromatic carbocycles. The lowest BCUT2D eigenvalue weighted by molar-refractivity contribution is -0.113. The summed E-state index contributed by atoms with van der Waals surface area (Å²) < 4.78 is 0. The maximum absolute atomic E-state index is 11.4. The van der Waals surface area contributed by atoms with E-state index in [0.29, 0.717) is 11.1 Å². The molecule has 0 radical (unpaired) electrons. The van der Waals surface area contributed by atoms with E-state index in [9.17, 15) is 9.90 Å². The van der Waals surface area contributed by atoms with Crippen LogP contribution in [0.5, 0.6) is 0 Å². The second-order valence-electron chi connectivity index (χ2n) is 3.97. The van der Waals surface area contributed by atoms with Crippen molar-refractivity contribution in [3.8, 4) is 0 Å². The third-order valence-corrected chi connectivity index (χ3v) is 2.69. The van der Waals surface area contributed by atoms with Gasteiger partial charge in [0, 0.05) is 0 Å². The molecule has 0 spiro atoms. The summed E-state index contributed by atoms with van der Waals surface area (Å²) in [5, 5.41) is 9.45. The molecule has 82 valence electrons. The van der Waals surface area contributed by atoms with Gasteiger partial charge in [-0.3, -0.25) is 4.79 Å². The molecule has 0 saturated heterocycles. The normalized spacial score (nSPS) is 17.9. The Hall–Kier alpha value is -1.31. The SMILES string of the molecule is C=C(C1=CCCCC1)/C(C(C)=O)=C(\C)O. The van der Waals surface area contributed by atoms with Crippen molar-refractivity contribution in [2.45, 2.75) is 39.5 Å². The molecule has 0 aliphatic heterocycles. The van der Waals surface area contributed by atoms with E-state index in [-0.39, 0.29) is 11.5 Å². The number of carbonyl (C=O) groups is 1. The van der Waals surface area contributed by atoms with Crippen LogP contribution < -0.4 is 0 Å². The molecule has 0 aromatic rings. The van der Waals surface area contributed by atoms with E-state index < -0.39 is 0 Å². The van der Waals surface area contributed by atoms with Crippen molar-refractivity contribution >= 4 is 5.78 Å². The van der Waals surface area contributed by atoms with E-state index in [2.05, 4.69) is 12.7 Å². The zero-order chi connectivity index (χ0) is 11.4. The van der Waals surface area contributed by atoms with E-state index >= 15 is 0 Å². The van der Waals surface area contributed by atoms with Gasteiger partial charge in [-0.05, 0) is 50.7 Å². The number of aliphatic hydroxyl groups excluding tert-OH is 1. The number of aliphatic hydroxyl groups is 1. The topological polar surface area (TPSA) is 37.3 Å². The number of rotatable bonds is 3. The highest BCUT2D eigenvalue weighted by molar-refractivity contribution is 5.99. The van der Waals surface area contributed by atoms with Crippen molar-refractivity contribution in [1.82, 2.24) is 0 Å². The lowest BCUT2D eigenvalue weighted by atomic mass is 9.88. The maximum Gasteiger partial charge on any atom is 0.163 e. The van der Waals surface area contributed by atoms with E-state index in [1.807, 2.05) is 0 Å². The first-order valence-corrected chi connectivity index (χ1v) is 5.33. The highest BCUT2D eigenvalue weighted by atomic mass is 16.3. The molecule has 0 unspecified atom stereocenters. The first-order chi connectivity index (χ1) is 7.04. The summed E-state index contributed by atoms with van der Waals surface area (Å²) in [4.78, 5) is 11.4. The van der Waals surface area contributed by atoms with Gasteiger partial charge in [-0.1, -0.05) is 12.7 Å². The summed E-state index contributed by atoms with van der Waals surface area (Å²) in [6.07, 6.45) is 6.47. The molecule has 15 heavy (non-hydrogen) atoms. The van der Waals surface area contributed by atoms with Crippen LogP contribution in [0.4, 0.5) is 0 Å². The van der Waals surface area contributed by atoms with E-state index in [4.69, 9.17) is 0 Å². The molecular formula is C13H18O2. The number of Topliss-reactive ketones (excluding diaryl/α,β-unsaturated/α-hetero) is 1. The average molecular weight is 206 g/mol. The second-order valence-corrected chi connectivity index (χ2v) is 3.97. The Bertz CT molecular complexity index is 342. The van der Waals surface area contributed by atoms with Crippen LogP contribution >= 0.6 is 0 Å². The van der Waals surface area contributed by atoms with Gasteiger partial charge in [-0.2, -0.15) is 0 Å². The Morgan fingerprint density at radius 1 is 1.40 bits per heavy atom. The summed E-state index contributed by atoms with van der Waals surface area (Å²) in [6, 6.07) is 0.